The third-order valence-electron chi connectivity index (χ3n) is 4.73. The molecule has 0 unspecified atom stereocenters. The highest BCUT2D eigenvalue weighted by atomic mass is 19.1. The van der Waals surface area contributed by atoms with Crippen LogP contribution in [0.2, 0.25) is 0 Å². The van der Waals surface area contributed by atoms with Crippen molar-refractivity contribution in [3.63, 3.8) is 0 Å². The summed E-state index contributed by atoms with van der Waals surface area (Å²) in [4.78, 5) is 16.1. The molecule has 0 aliphatic carbocycles. The molecule has 0 spiro atoms. The van der Waals surface area contributed by atoms with Crippen molar-refractivity contribution in [3.05, 3.63) is 53.8 Å². The number of ether oxygens (including phenoxy) is 1. The Bertz CT molecular complexity index is 858. The van der Waals surface area contributed by atoms with E-state index in [1.165, 1.54) is 12.1 Å². The smallest absolute Gasteiger partial charge is 0.410 e. The standard InChI is InChI=1S/C22H29FN4O2/c1-22(2,3)29-21(28)27-12-10-26(11-13-27)19-9-5-8-18(20(19)24)25-15-16-6-4-7-17(23)14-16/h4-9,14,25H,10-13,15,24H2,1-3H3. The summed E-state index contributed by atoms with van der Waals surface area (Å²) in [7, 11) is 0. The molecule has 6 nitrogen and oxygen atoms in total. The molecule has 0 aromatic heterocycles. The number of nitrogens with one attached hydrogen (secondary N) is 1. The summed E-state index contributed by atoms with van der Waals surface area (Å²) in [5, 5.41) is 3.29. The number of nitrogen functional groups attached to an aromatic ring is 1. The molecule has 0 saturated carbocycles. The molecule has 0 bridgehead atoms. The van der Waals surface area contributed by atoms with E-state index in [4.69, 9.17) is 10.5 Å². The molecule has 1 aliphatic heterocycles. The van der Waals surface area contributed by atoms with Crippen molar-refractivity contribution >= 4 is 23.2 Å². The molecule has 1 aliphatic rings. The van der Waals surface area contributed by atoms with E-state index in [0.29, 0.717) is 38.4 Å². The molecule has 7 heteroatoms. The molecular formula is C22H29FN4O2. The normalized spacial score (nSPS) is 14.6. The van der Waals surface area contributed by atoms with Crippen molar-refractivity contribution in [2.75, 3.05) is 42.1 Å². The van der Waals surface area contributed by atoms with Crippen LogP contribution in [-0.4, -0.2) is 42.8 Å². The van der Waals surface area contributed by atoms with Crippen LogP contribution in [-0.2, 0) is 11.3 Å². The number of para-hydroxylation sites is 1. The van der Waals surface area contributed by atoms with E-state index in [2.05, 4.69) is 10.2 Å². The maximum atomic E-state index is 13.4. The molecule has 1 saturated heterocycles. The molecule has 3 rings (SSSR count). The number of nitrogens with zero attached hydrogens (tertiary/aromatic N) is 2. The van der Waals surface area contributed by atoms with Gasteiger partial charge in [0.1, 0.15) is 11.4 Å². The third-order valence-corrected chi connectivity index (χ3v) is 4.73. The predicted octanol–water partition coefficient (Wildman–Crippen LogP) is 4.08. The van der Waals surface area contributed by atoms with Crippen LogP contribution in [0.25, 0.3) is 0 Å². The van der Waals surface area contributed by atoms with Crippen LogP contribution in [0, 0.1) is 5.82 Å². The van der Waals surface area contributed by atoms with Crippen LogP contribution in [0.4, 0.5) is 26.2 Å². The van der Waals surface area contributed by atoms with Gasteiger partial charge in [0.05, 0.1) is 17.1 Å². The average molecular weight is 400 g/mol. The molecule has 1 heterocycles. The first-order valence-electron chi connectivity index (χ1n) is 9.82. The Morgan fingerprint density at radius 1 is 1.14 bits per heavy atom. The fourth-order valence-corrected chi connectivity index (χ4v) is 3.28. The Hall–Kier alpha value is -2.96. The van der Waals surface area contributed by atoms with Gasteiger partial charge in [-0.05, 0) is 50.6 Å². The van der Waals surface area contributed by atoms with Gasteiger partial charge in [0.15, 0.2) is 0 Å². The highest BCUT2D eigenvalue weighted by molar-refractivity contribution is 5.81. The molecular weight excluding hydrogens is 371 g/mol. The number of hydrogen-bond donors (Lipinski definition) is 2. The van der Waals surface area contributed by atoms with Crippen molar-refractivity contribution < 1.29 is 13.9 Å². The van der Waals surface area contributed by atoms with Crippen molar-refractivity contribution in [3.8, 4) is 0 Å². The zero-order valence-corrected chi connectivity index (χ0v) is 17.2. The Balaban J connectivity index is 1.62. The van der Waals surface area contributed by atoms with Gasteiger partial charge < -0.3 is 25.6 Å². The van der Waals surface area contributed by atoms with Crippen molar-refractivity contribution in [2.24, 2.45) is 0 Å². The zero-order chi connectivity index (χ0) is 21.0. The Morgan fingerprint density at radius 2 is 1.83 bits per heavy atom. The number of rotatable bonds is 4. The van der Waals surface area contributed by atoms with Gasteiger partial charge in [-0.25, -0.2) is 9.18 Å². The molecule has 2 aromatic carbocycles. The lowest BCUT2D eigenvalue weighted by Crippen LogP contribution is -2.50. The van der Waals surface area contributed by atoms with Gasteiger partial charge in [0.2, 0.25) is 0 Å². The second-order valence-electron chi connectivity index (χ2n) is 8.18. The lowest BCUT2D eigenvalue weighted by atomic mass is 10.1. The average Bonchev–Trinajstić information content (AvgIpc) is 2.66. The first-order valence-corrected chi connectivity index (χ1v) is 9.82. The van der Waals surface area contributed by atoms with Crippen molar-refractivity contribution in [1.29, 1.82) is 0 Å². The summed E-state index contributed by atoms with van der Waals surface area (Å²) in [6, 6.07) is 12.3. The second kappa shape index (κ2) is 8.59. The van der Waals surface area contributed by atoms with E-state index < -0.39 is 5.60 Å². The minimum atomic E-state index is -0.500. The molecule has 1 amide bonds. The first-order chi connectivity index (χ1) is 13.7. The zero-order valence-electron chi connectivity index (χ0n) is 17.2. The summed E-state index contributed by atoms with van der Waals surface area (Å²) in [5.41, 5.74) is 9.13. The van der Waals surface area contributed by atoms with Crippen LogP contribution in [0.15, 0.2) is 42.5 Å². The van der Waals surface area contributed by atoms with Crippen molar-refractivity contribution in [2.45, 2.75) is 32.9 Å². The summed E-state index contributed by atoms with van der Waals surface area (Å²) >= 11 is 0. The van der Waals surface area contributed by atoms with E-state index in [-0.39, 0.29) is 11.9 Å². The Kier molecular flexibility index (Phi) is 6.15. The maximum absolute atomic E-state index is 13.4. The number of halogens is 1. The highest BCUT2D eigenvalue weighted by Crippen LogP contribution is 2.31. The quantitative estimate of drug-likeness (QED) is 0.757. The van der Waals surface area contributed by atoms with E-state index >= 15 is 0 Å². The fourth-order valence-electron chi connectivity index (χ4n) is 3.28. The summed E-state index contributed by atoms with van der Waals surface area (Å²) < 4.78 is 18.8. The van der Waals surface area contributed by atoms with Gasteiger partial charge in [-0.1, -0.05) is 18.2 Å². The molecule has 3 N–H and O–H groups in total. The number of carbonyl (C=O) groups is 1. The maximum Gasteiger partial charge on any atom is 0.410 e. The number of anilines is 3. The number of hydrogen-bond acceptors (Lipinski definition) is 5. The highest BCUT2D eigenvalue weighted by Gasteiger charge is 2.26. The summed E-state index contributed by atoms with van der Waals surface area (Å²) in [6.07, 6.45) is -0.282. The number of piperazine rings is 1. The van der Waals surface area contributed by atoms with Crippen LogP contribution in [0.5, 0.6) is 0 Å². The van der Waals surface area contributed by atoms with Crippen LogP contribution >= 0.6 is 0 Å². The molecule has 1 fully saturated rings. The van der Waals surface area contributed by atoms with Crippen LogP contribution in [0.3, 0.4) is 0 Å². The van der Waals surface area contributed by atoms with Crippen molar-refractivity contribution in [1.82, 2.24) is 4.90 Å². The SMILES string of the molecule is CC(C)(C)OC(=O)N1CCN(c2cccc(NCc3cccc(F)c3)c2N)CC1. The summed E-state index contributed by atoms with van der Waals surface area (Å²) in [5.74, 6) is -0.256. The summed E-state index contributed by atoms with van der Waals surface area (Å²) in [6.45, 7) is 8.59. The van der Waals surface area contributed by atoms with Crippen LogP contribution < -0.4 is 16.0 Å². The molecule has 29 heavy (non-hydrogen) atoms. The fraction of sp³-hybridized carbons (Fsp3) is 0.409. The molecule has 2 aromatic rings. The third kappa shape index (κ3) is 5.53. The first kappa shape index (κ1) is 20.8. The largest absolute Gasteiger partial charge is 0.444 e. The monoisotopic (exact) mass is 400 g/mol. The Labute approximate surface area is 171 Å². The van der Waals surface area contributed by atoms with Gasteiger partial charge in [-0.2, -0.15) is 0 Å². The minimum Gasteiger partial charge on any atom is -0.444 e. The van der Waals surface area contributed by atoms with E-state index in [1.54, 1.807) is 11.0 Å². The number of benzene rings is 2. The molecule has 0 atom stereocenters. The minimum absolute atomic E-state index is 0.256. The van der Waals surface area contributed by atoms with Gasteiger partial charge in [-0.3, -0.25) is 0 Å². The number of carbonyl (C=O) groups excluding carboxylic acids is 1. The van der Waals surface area contributed by atoms with Gasteiger partial charge in [-0.15, -0.1) is 0 Å². The molecule has 0 radical (unpaired) electrons. The Morgan fingerprint density at radius 3 is 2.48 bits per heavy atom. The van der Waals surface area contributed by atoms with Gasteiger partial charge in [0, 0.05) is 32.7 Å². The number of nitrogens with two attached hydrogens (primary N) is 1. The second-order valence-corrected chi connectivity index (χ2v) is 8.18. The van der Waals surface area contributed by atoms with Crippen LogP contribution in [0.1, 0.15) is 26.3 Å². The van der Waals surface area contributed by atoms with E-state index in [9.17, 15) is 9.18 Å². The van der Waals surface area contributed by atoms with E-state index in [1.807, 2.05) is 45.0 Å². The molecule has 156 valence electrons. The number of amides is 1. The lowest BCUT2D eigenvalue weighted by molar-refractivity contribution is 0.0240. The lowest BCUT2D eigenvalue weighted by Gasteiger charge is -2.37. The topological polar surface area (TPSA) is 70.8 Å². The van der Waals surface area contributed by atoms with Gasteiger partial charge >= 0.3 is 6.09 Å². The van der Waals surface area contributed by atoms with Gasteiger partial charge in [0.25, 0.3) is 0 Å². The van der Waals surface area contributed by atoms with E-state index in [0.717, 1.165) is 16.9 Å². The predicted molar refractivity (Wildman–Crippen MR) is 115 cm³/mol.